The normalized spacial score (nSPS) is 15.0. The molecule has 0 unspecified atom stereocenters. The maximum Gasteiger partial charge on any atom is 0.225 e. The highest BCUT2D eigenvalue weighted by Crippen LogP contribution is 2.16. The van der Waals surface area contributed by atoms with Crippen molar-refractivity contribution in [2.75, 3.05) is 44.8 Å². The number of likely N-dealkylation sites (N-methyl/N-ethyl adjacent to an activating group) is 1. The van der Waals surface area contributed by atoms with Crippen molar-refractivity contribution in [2.24, 2.45) is 0 Å². The SMILES string of the molecule is Cc1cccc2[nH]c(CCN(C)Cc3cnc(N4CCOCC4)nc3)nc12. The fourth-order valence-corrected chi connectivity index (χ4v) is 3.39. The first-order chi connectivity index (χ1) is 13.2. The van der Waals surface area contributed by atoms with Gasteiger partial charge < -0.3 is 19.5 Å². The maximum atomic E-state index is 5.38. The molecule has 4 rings (SSSR count). The highest BCUT2D eigenvalue weighted by molar-refractivity contribution is 5.78. The zero-order chi connectivity index (χ0) is 18.6. The van der Waals surface area contributed by atoms with E-state index in [0.717, 1.165) is 74.2 Å². The molecular weight excluding hydrogens is 340 g/mol. The third-order valence-electron chi connectivity index (χ3n) is 4.93. The van der Waals surface area contributed by atoms with Crippen LogP contribution >= 0.6 is 0 Å². The van der Waals surface area contributed by atoms with E-state index in [-0.39, 0.29) is 0 Å². The predicted octanol–water partition coefficient (Wildman–Crippen LogP) is 2.17. The van der Waals surface area contributed by atoms with Crippen molar-refractivity contribution in [3.63, 3.8) is 0 Å². The Kier molecular flexibility index (Phi) is 5.31. The second-order valence-corrected chi connectivity index (χ2v) is 7.13. The van der Waals surface area contributed by atoms with Crippen LogP contribution in [0.25, 0.3) is 11.0 Å². The molecule has 1 saturated heterocycles. The number of hydrogen-bond donors (Lipinski definition) is 1. The van der Waals surface area contributed by atoms with Gasteiger partial charge in [-0.25, -0.2) is 15.0 Å². The molecule has 0 saturated carbocycles. The van der Waals surface area contributed by atoms with Gasteiger partial charge in [-0.1, -0.05) is 12.1 Å². The number of hydrogen-bond acceptors (Lipinski definition) is 6. The number of fused-ring (bicyclic) bond motifs is 1. The van der Waals surface area contributed by atoms with Gasteiger partial charge in [-0.15, -0.1) is 0 Å². The van der Waals surface area contributed by atoms with Gasteiger partial charge in [-0.3, -0.25) is 0 Å². The molecule has 0 radical (unpaired) electrons. The Morgan fingerprint density at radius 1 is 1.19 bits per heavy atom. The highest BCUT2D eigenvalue weighted by Gasteiger charge is 2.13. The Hall–Kier alpha value is -2.51. The number of nitrogens with one attached hydrogen (secondary N) is 1. The molecule has 0 spiro atoms. The van der Waals surface area contributed by atoms with Gasteiger partial charge in [0.1, 0.15) is 5.82 Å². The van der Waals surface area contributed by atoms with E-state index in [2.05, 4.69) is 56.9 Å². The van der Waals surface area contributed by atoms with Crippen molar-refractivity contribution in [2.45, 2.75) is 19.9 Å². The van der Waals surface area contributed by atoms with Crippen molar-refractivity contribution in [3.8, 4) is 0 Å². The summed E-state index contributed by atoms with van der Waals surface area (Å²) in [6.07, 6.45) is 4.75. The number of aryl methyl sites for hydroxylation is 1. The fourth-order valence-electron chi connectivity index (χ4n) is 3.39. The van der Waals surface area contributed by atoms with Crippen molar-refractivity contribution >= 4 is 17.0 Å². The molecule has 1 fully saturated rings. The molecule has 7 nitrogen and oxygen atoms in total. The van der Waals surface area contributed by atoms with Crippen LogP contribution in [0.15, 0.2) is 30.6 Å². The Balaban J connectivity index is 1.32. The number of ether oxygens (including phenoxy) is 1. The first kappa shape index (κ1) is 17.9. The van der Waals surface area contributed by atoms with E-state index in [1.165, 1.54) is 5.56 Å². The van der Waals surface area contributed by atoms with E-state index in [4.69, 9.17) is 9.72 Å². The summed E-state index contributed by atoms with van der Waals surface area (Å²) in [6, 6.07) is 6.24. The van der Waals surface area contributed by atoms with Gasteiger partial charge in [-0.05, 0) is 25.6 Å². The largest absolute Gasteiger partial charge is 0.378 e. The van der Waals surface area contributed by atoms with E-state index in [0.29, 0.717) is 0 Å². The van der Waals surface area contributed by atoms with Gasteiger partial charge in [0.25, 0.3) is 0 Å². The second kappa shape index (κ2) is 8.02. The van der Waals surface area contributed by atoms with Gasteiger partial charge in [0.05, 0.1) is 24.2 Å². The number of rotatable bonds is 6. The molecular formula is C20H26N6O. The van der Waals surface area contributed by atoms with Gasteiger partial charge >= 0.3 is 0 Å². The van der Waals surface area contributed by atoms with Crippen molar-refractivity contribution in [1.82, 2.24) is 24.8 Å². The number of aromatic amines is 1. The number of anilines is 1. The molecule has 0 amide bonds. The standard InChI is InChI=1S/C20H26N6O/c1-15-4-3-5-17-19(15)24-18(23-17)6-7-25(2)14-16-12-21-20(22-13-16)26-8-10-27-11-9-26/h3-5,12-13H,6-11,14H2,1-2H3,(H,23,24). The molecule has 0 bridgehead atoms. The van der Waals surface area contributed by atoms with E-state index < -0.39 is 0 Å². The summed E-state index contributed by atoms with van der Waals surface area (Å²) in [4.78, 5) is 21.6. The zero-order valence-corrected chi connectivity index (χ0v) is 16.0. The predicted molar refractivity (Wildman–Crippen MR) is 106 cm³/mol. The summed E-state index contributed by atoms with van der Waals surface area (Å²) in [5, 5.41) is 0. The minimum atomic E-state index is 0.745. The first-order valence-corrected chi connectivity index (χ1v) is 9.45. The lowest BCUT2D eigenvalue weighted by molar-refractivity contribution is 0.122. The van der Waals surface area contributed by atoms with Crippen LogP contribution in [0, 0.1) is 6.92 Å². The summed E-state index contributed by atoms with van der Waals surface area (Å²) in [5.74, 6) is 1.83. The average Bonchev–Trinajstić information content (AvgIpc) is 3.12. The van der Waals surface area contributed by atoms with Crippen LogP contribution in [0.4, 0.5) is 5.95 Å². The molecule has 142 valence electrons. The minimum absolute atomic E-state index is 0.745. The molecule has 1 aliphatic rings. The second-order valence-electron chi connectivity index (χ2n) is 7.13. The van der Waals surface area contributed by atoms with Crippen LogP contribution in [0.2, 0.25) is 0 Å². The number of benzene rings is 1. The van der Waals surface area contributed by atoms with Gasteiger partial charge in [0.15, 0.2) is 0 Å². The van der Waals surface area contributed by atoms with Crippen LogP contribution in [0.1, 0.15) is 17.0 Å². The smallest absolute Gasteiger partial charge is 0.225 e. The summed E-state index contributed by atoms with van der Waals surface area (Å²) in [6.45, 7) is 7.04. The Labute approximate surface area is 159 Å². The molecule has 27 heavy (non-hydrogen) atoms. The van der Waals surface area contributed by atoms with E-state index in [9.17, 15) is 0 Å². The van der Waals surface area contributed by atoms with Gasteiger partial charge in [0, 0.05) is 50.6 Å². The summed E-state index contributed by atoms with van der Waals surface area (Å²) < 4.78 is 5.38. The van der Waals surface area contributed by atoms with Crippen molar-refractivity contribution in [3.05, 3.63) is 47.5 Å². The van der Waals surface area contributed by atoms with Crippen molar-refractivity contribution < 1.29 is 4.74 Å². The lowest BCUT2D eigenvalue weighted by Crippen LogP contribution is -2.37. The quantitative estimate of drug-likeness (QED) is 0.721. The third kappa shape index (κ3) is 4.26. The first-order valence-electron chi connectivity index (χ1n) is 9.45. The number of morpholine rings is 1. The number of H-pyrrole nitrogens is 1. The molecule has 0 atom stereocenters. The molecule has 2 aromatic heterocycles. The third-order valence-corrected chi connectivity index (χ3v) is 4.93. The number of imidazole rings is 1. The van der Waals surface area contributed by atoms with Crippen molar-refractivity contribution in [1.29, 1.82) is 0 Å². The van der Waals surface area contributed by atoms with Crippen LogP contribution in [0.5, 0.6) is 0 Å². The van der Waals surface area contributed by atoms with E-state index >= 15 is 0 Å². The number of nitrogens with zero attached hydrogens (tertiary/aromatic N) is 5. The Bertz CT molecular complexity index is 885. The number of para-hydroxylation sites is 1. The summed E-state index contributed by atoms with van der Waals surface area (Å²) in [5.41, 5.74) is 4.51. The topological polar surface area (TPSA) is 70.2 Å². The zero-order valence-electron chi connectivity index (χ0n) is 16.0. The Morgan fingerprint density at radius 3 is 2.70 bits per heavy atom. The maximum absolute atomic E-state index is 5.38. The summed E-state index contributed by atoms with van der Waals surface area (Å²) >= 11 is 0. The van der Waals surface area contributed by atoms with Crippen LogP contribution in [-0.4, -0.2) is 64.7 Å². The minimum Gasteiger partial charge on any atom is -0.378 e. The lowest BCUT2D eigenvalue weighted by atomic mass is 10.2. The van der Waals surface area contributed by atoms with Crippen LogP contribution in [0.3, 0.4) is 0 Å². The average molecular weight is 366 g/mol. The van der Waals surface area contributed by atoms with E-state index in [1.807, 2.05) is 12.4 Å². The molecule has 0 aliphatic carbocycles. The lowest BCUT2D eigenvalue weighted by Gasteiger charge is -2.26. The number of aromatic nitrogens is 4. The summed E-state index contributed by atoms with van der Waals surface area (Å²) in [7, 11) is 2.11. The highest BCUT2D eigenvalue weighted by atomic mass is 16.5. The van der Waals surface area contributed by atoms with Crippen LogP contribution in [-0.2, 0) is 17.7 Å². The molecule has 1 N–H and O–H groups in total. The Morgan fingerprint density at radius 2 is 1.96 bits per heavy atom. The van der Waals surface area contributed by atoms with E-state index in [1.54, 1.807) is 0 Å². The molecule has 3 heterocycles. The van der Waals surface area contributed by atoms with Gasteiger partial charge in [-0.2, -0.15) is 0 Å². The molecule has 1 aromatic carbocycles. The van der Waals surface area contributed by atoms with Gasteiger partial charge in [0.2, 0.25) is 5.95 Å². The van der Waals surface area contributed by atoms with Crippen LogP contribution < -0.4 is 4.90 Å². The fraction of sp³-hybridized carbons (Fsp3) is 0.450. The molecule has 7 heteroatoms. The molecule has 1 aliphatic heterocycles. The molecule has 3 aromatic rings. The monoisotopic (exact) mass is 366 g/mol.